The summed E-state index contributed by atoms with van der Waals surface area (Å²) in [6.45, 7) is 6.76. The summed E-state index contributed by atoms with van der Waals surface area (Å²) < 4.78 is 0. The van der Waals surface area contributed by atoms with Gasteiger partial charge in [0.15, 0.2) is 0 Å². The van der Waals surface area contributed by atoms with E-state index < -0.39 is 0 Å². The molecule has 2 saturated heterocycles. The van der Waals surface area contributed by atoms with Gasteiger partial charge in [0, 0.05) is 5.56 Å². The van der Waals surface area contributed by atoms with Crippen LogP contribution in [0.15, 0.2) is 48.8 Å². The predicted octanol–water partition coefficient (Wildman–Crippen LogP) is 7.23. The normalized spacial score (nSPS) is 26.8. The summed E-state index contributed by atoms with van der Waals surface area (Å²) in [5, 5.41) is 7.24. The number of imidazole rings is 2. The molecule has 1 spiro atoms. The summed E-state index contributed by atoms with van der Waals surface area (Å²) in [7, 11) is 0. The molecule has 0 amide bonds. The number of nitrogens with one attached hydrogen (secondary N) is 4. The van der Waals surface area contributed by atoms with E-state index in [0.717, 1.165) is 49.7 Å². The number of aromatic nitrogens is 4. The second-order valence-corrected chi connectivity index (χ2v) is 13.5. The highest BCUT2D eigenvalue weighted by Gasteiger charge is 2.43. The van der Waals surface area contributed by atoms with Gasteiger partial charge in [0.2, 0.25) is 0 Å². The number of nitrogens with zero attached hydrogens (tertiary/aromatic N) is 2. The molecule has 41 heavy (non-hydrogen) atoms. The highest BCUT2D eigenvalue weighted by Crippen LogP contribution is 2.55. The topological polar surface area (TPSA) is 81.4 Å². The van der Waals surface area contributed by atoms with Gasteiger partial charge in [-0.25, -0.2) is 9.97 Å². The third kappa shape index (κ3) is 4.38. The molecule has 2 aromatic heterocycles. The molecule has 6 heteroatoms. The fourth-order valence-electron chi connectivity index (χ4n) is 8.43. The quantitative estimate of drug-likeness (QED) is 0.213. The second kappa shape index (κ2) is 9.95. The van der Waals surface area contributed by atoms with E-state index in [1.807, 2.05) is 6.20 Å². The van der Waals surface area contributed by atoms with Crippen molar-refractivity contribution >= 4 is 0 Å². The molecule has 4 aromatic rings. The number of hydrogen-bond acceptors (Lipinski definition) is 4. The Morgan fingerprint density at radius 2 is 1.27 bits per heavy atom. The third-order valence-electron chi connectivity index (χ3n) is 10.6. The van der Waals surface area contributed by atoms with Crippen molar-refractivity contribution in [2.45, 2.75) is 82.7 Å². The lowest BCUT2D eigenvalue weighted by Crippen LogP contribution is -2.19. The van der Waals surface area contributed by atoms with E-state index in [2.05, 4.69) is 77.0 Å². The molecule has 2 aliphatic carbocycles. The van der Waals surface area contributed by atoms with Crippen LogP contribution in [-0.2, 0) is 11.8 Å². The molecular formula is C35H42N6. The summed E-state index contributed by atoms with van der Waals surface area (Å²) in [6.07, 6.45) is 14.1. The van der Waals surface area contributed by atoms with Crippen LogP contribution in [0.2, 0.25) is 0 Å². The molecule has 2 aromatic carbocycles. The van der Waals surface area contributed by atoms with Crippen LogP contribution < -0.4 is 10.6 Å². The summed E-state index contributed by atoms with van der Waals surface area (Å²) in [5.41, 5.74) is 11.1. The van der Waals surface area contributed by atoms with Crippen molar-refractivity contribution in [2.75, 3.05) is 13.1 Å². The highest BCUT2D eigenvalue weighted by atomic mass is 15.1. The van der Waals surface area contributed by atoms with Gasteiger partial charge < -0.3 is 20.6 Å². The number of aromatic amines is 2. The van der Waals surface area contributed by atoms with Crippen LogP contribution in [-0.4, -0.2) is 33.0 Å². The van der Waals surface area contributed by atoms with Crippen molar-refractivity contribution in [1.82, 2.24) is 30.6 Å². The summed E-state index contributed by atoms with van der Waals surface area (Å²) >= 11 is 0. The Kier molecular flexibility index (Phi) is 6.19. The minimum absolute atomic E-state index is 0.328. The van der Waals surface area contributed by atoms with Gasteiger partial charge in [-0.3, -0.25) is 0 Å². The zero-order valence-electron chi connectivity index (χ0n) is 24.4. The molecular weight excluding hydrogens is 504 g/mol. The first-order chi connectivity index (χ1) is 20.1. The van der Waals surface area contributed by atoms with E-state index in [-0.39, 0.29) is 0 Å². The number of hydrogen-bond donors (Lipinski definition) is 4. The van der Waals surface area contributed by atoms with Crippen LogP contribution >= 0.6 is 0 Å². The average Bonchev–Trinajstić information content (AvgIpc) is 3.83. The van der Waals surface area contributed by atoms with E-state index >= 15 is 0 Å². The van der Waals surface area contributed by atoms with Gasteiger partial charge in [-0.15, -0.1) is 0 Å². The van der Waals surface area contributed by atoms with Gasteiger partial charge in [0.25, 0.3) is 0 Å². The lowest BCUT2D eigenvalue weighted by Gasteiger charge is -2.28. The molecule has 2 aliphatic heterocycles. The van der Waals surface area contributed by atoms with Gasteiger partial charge in [-0.2, -0.15) is 0 Å². The van der Waals surface area contributed by atoms with E-state index in [4.69, 9.17) is 9.97 Å². The molecule has 3 fully saturated rings. The molecule has 4 heterocycles. The van der Waals surface area contributed by atoms with Crippen LogP contribution in [0.4, 0.5) is 0 Å². The Labute approximate surface area is 243 Å². The van der Waals surface area contributed by atoms with Gasteiger partial charge in [0.05, 0.1) is 35.9 Å². The third-order valence-corrected chi connectivity index (χ3v) is 10.6. The molecule has 8 rings (SSSR count). The Bertz CT molecular complexity index is 1560. The number of H-pyrrole nitrogens is 2. The maximum atomic E-state index is 4.84. The molecule has 6 nitrogen and oxygen atoms in total. The van der Waals surface area contributed by atoms with Crippen molar-refractivity contribution in [3.8, 4) is 33.6 Å². The number of fused-ring (bicyclic) bond motifs is 2. The number of rotatable bonds is 5. The summed E-state index contributed by atoms with van der Waals surface area (Å²) in [6, 6.07) is 14.6. The van der Waals surface area contributed by atoms with Crippen molar-refractivity contribution in [1.29, 1.82) is 0 Å². The van der Waals surface area contributed by atoms with Crippen LogP contribution in [0.25, 0.3) is 33.6 Å². The Morgan fingerprint density at radius 3 is 1.90 bits per heavy atom. The lowest BCUT2D eigenvalue weighted by molar-refractivity contribution is 0.440. The van der Waals surface area contributed by atoms with E-state index in [1.54, 1.807) is 11.1 Å². The summed E-state index contributed by atoms with van der Waals surface area (Å²) in [4.78, 5) is 16.9. The van der Waals surface area contributed by atoms with E-state index in [1.165, 1.54) is 60.1 Å². The molecule has 0 radical (unpaired) electrons. The van der Waals surface area contributed by atoms with Gasteiger partial charge in [-0.1, -0.05) is 63.1 Å². The second-order valence-electron chi connectivity index (χ2n) is 13.5. The minimum atomic E-state index is 0.328. The van der Waals surface area contributed by atoms with Crippen LogP contribution in [0, 0.1) is 11.8 Å². The largest absolute Gasteiger partial charge is 0.341 e. The zero-order valence-corrected chi connectivity index (χ0v) is 24.4. The molecule has 1 saturated carbocycles. The van der Waals surface area contributed by atoms with Crippen molar-refractivity contribution in [3.63, 3.8) is 0 Å². The first-order valence-electron chi connectivity index (χ1n) is 15.9. The van der Waals surface area contributed by atoms with Crippen LogP contribution in [0.1, 0.15) is 93.7 Å². The zero-order chi connectivity index (χ0) is 27.6. The van der Waals surface area contributed by atoms with Crippen LogP contribution in [0.5, 0.6) is 0 Å². The van der Waals surface area contributed by atoms with Crippen molar-refractivity contribution in [3.05, 3.63) is 71.6 Å². The maximum absolute atomic E-state index is 4.84. The first-order valence-corrected chi connectivity index (χ1v) is 15.9. The average molecular weight is 547 g/mol. The van der Waals surface area contributed by atoms with Crippen LogP contribution in [0.3, 0.4) is 0 Å². The molecule has 4 aliphatic rings. The van der Waals surface area contributed by atoms with Gasteiger partial charge in [-0.05, 0) is 96.7 Å². The smallest absolute Gasteiger partial charge is 0.123 e. The standard InChI is InChI=1S/C35H42N6/c1-21-15-28(36-17-21)33-38-19-30(40-33)24-7-5-23(6-8-24)25-9-10-26(27-11-14-35(32(25)27)12-3-4-13-35)31-20-39-34(41-31)29-16-22(2)18-37-29/h5-10,19-22,28-29,36-37H,3-4,11-18H2,1-2H3,(H,38,40)(H,39,41)/t21-,22-,28-,29-/m0/s1. The van der Waals surface area contributed by atoms with E-state index in [9.17, 15) is 0 Å². The summed E-state index contributed by atoms with van der Waals surface area (Å²) in [5.74, 6) is 3.55. The monoisotopic (exact) mass is 546 g/mol. The molecule has 212 valence electrons. The minimum Gasteiger partial charge on any atom is -0.341 e. The van der Waals surface area contributed by atoms with Gasteiger partial charge >= 0.3 is 0 Å². The van der Waals surface area contributed by atoms with Crippen molar-refractivity contribution < 1.29 is 0 Å². The Morgan fingerprint density at radius 1 is 0.683 bits per heavy atom. The highest BCUT2D eigenvalue weighted by molar-refractivity contribution is 5.80. The molecule has 4 atom stereocenters. The van der Waals surface area contributed by atoms with E-state index in [0.29, 0.717) is 29.3 Å². The predicted molar refractivity (Wildman–Crippen MR) is 165 cm³/mol. The molecule has 4 N–H and O–H groups in total. The number of benzene rings is 2. The lowest BCUT2D eigenvalue weighted by atomic mass is 9.76. The first kappa shape index (κ1) is 25.5. The van der Waals surface area contributed by atoms with Crippen molar-refractivity contribution in [2.24, 2.45) is 11.8 Å². The fourth-order valence-corrected chi connectivity index (χ4v) is 8.43. The fraction of sp³-hybridized carbons (Fsp3) is 0.486. The molecule has 0 bridgehead atoms. The van der Waals surface area contributed by atoms with Gasteiger partial charge in [0.1, 0.15) is 11.6 Å². The maximum Gasteiger partial charge on any atom is 0.123 e. The SMILES string of the molecule is C[C@@H]1CN[C@H](c2ncc(-c3ccc(-c4ccc(-c5cnc([C@@H]6C[C@H](C)CN6)[nH]5)c5c4C4(CCCC4)CC5)cc3)[nH]2)C1. The molecule has 0 unspecified atom stereocenters. The Hall–Kier alpha value is -3.22. The Balaban J connectivity index is 1.13.